The first-order valence-corrected chi connectivity index (χ1v) is 8.69. The van der Waals surface area contributed by atoms with Crippen molar-refractivity contribution in [3.05, 3.63) is 41.3 Å². The minimum absolute atomic E-state index is 0.0907. The number of carbonyl (C=O) groups excluding carboxylic acids is 1. The minimum Gasteiger partial charge on any atom is -0.377 e. The Kier molecular flexibility index (Phi) is 5.75. The van der Waals surface area contributed by atoms with Crippen LogP contribution >= 0.6 is 0 Å². The molecule has 1 aliphatic rings. The highest BCUT2D eigenvalue weighted by Crippen LogP contribution is 2.18. The quantitative estimate of drug-likeness (QED) is 0.796. The van der Waals surface area contributed by atoms with E-state index in [1.807, 2.05) is 18.7 Å². The molecule has 134 valence electrons. The molecule has 7 heteroatoms. The molecule has 0 aliphatic carbocycles. The van der Waals surface area contributed by atoms with Gasteiger partial charge in [0, 0.05) is 37.1 Å². The van der Waals surface area contributed by atoms with Gasteiger partial charge in [-0.25, -0.2) is 0 Å². The van der Waals surface area contributed by atoms with Crippen LogP contribution < -0.4 is 0 Å². The Morgan fingerprint density at radius 1 is 1.32 bits per heavy atom. The number of aryl methyl sites for hydroxylation is 3. The van der Waals surface area contributed by atoms with Crippen molar-refractivity contribution in [1.29, 1.82) is 0 Å². The van der Waals surface area contributed by atoms with E-state index >= 15 is 0 Å². The van der Waals surface area contributed by atoms with E-state index in [9.17, 15) is 4.79 Å². The molecule has 2 aromatic heterocycles. The molecule has 0 radical (unpaired) electrons. The van der Waals surface area contributed by atoms with Gasteiger partial charge in [0.05, 0.1) is 30.6 Å². The van der Waals surface area contributed by atoms with Crippen LogP contribution in [0.1, 0.15) is 35.6 Å². The molecule has 0 aromatic carbocycles. The van der Waals surface area contributed by atoms with Gasteiger partial charge in [0.2, 0.25) is 5.91 Å². The Hall–Kier alpha value is -2.28. The highest BCUT2D eigenvalue weighted by molar-refractivity contribution is 5.77. The first-order chi connectivity index (χ1) is 12.1. The summed E-state index contributed by atoms with van der Waals surface area (Å²) in [5.74, 6) is 0.957. The van der Waals surface area contributed by atoms with Gasteiger partial charge in [0.1, 0.15) is 5.76 Å². The number of hydrogen-bond acceptors (Lipinski definition) is 6. The van der Waals surface area contributed by atoms with Crippen LogP contribution in [0.15, 0.2) is 23.1 Å². The van der Waals surface area contributed by atoms with Gasteiger partial charge < -0.3 is 14.2 Å². The first kappa shape index (κ1) is 17.5. The summed E-state index contributed by atoms with van der Waals surface area (Å²) in [6.07, 6.45) is 7.87. The second-order valence-corrected chi connectivity index (χ2v) is 6.35. The molecular weight excluding hydrogens is 320 g/mol. The minimum atomic E-state index is 0.0907. The van der Waals surface area contributed by atoms with Gasteiger partial charge in [0.25, 0.3) is 0 Å². The lowest BCUT2D eigenvalue weighted by Crippen LogP contribution is -2.49. The van der Waals surface area contributed by atoms with Crippen LogP contribution in [-0.4, -0.2) is 51.7 Å². The molecule has 0 bridgehead atoms. The van der Waals surface area contributed by atoms with E-state index in [4.69, 9.17) is 9.26 Å². The number of aromatic nitrogens is 3. The van der Waals surface area contributed by atoms with Crippen LogP contribution in [0.5, 0.6) is 0 Å². The van der Waals surface area contributed by atoms with Gasteiger partial charge >= 0.3 is 0 Å². The fourth-order valence-electron chi connectivity index (χ4n) is 3.23. The number of amides is 1. The van der Waals surface area contributed by atoms with Gasteiger partial charge in [-0.15, -0.1) is 0 Å². The van der Waals surface area contributed by atoms with Gasteiger partial charge in [-0.2, -0.15) is 0 Å². The molecule has 1 amide bonds. The van der Waals surface area contributed by atoms with Crippen LogP contribution in [0, 0.1) is 13.8 Å². The van der Waals surface area contributed by atoms with Crippen molar-refractivity contribution < 1.29 is 14.1 Å². The lowest BCUT2D eigenvalue weighted by molar-refractivity contribution is -0.140. The smallest absolute Gasteiger partial charge is 0.223 e. The van der Waals surface area contributed by atoms with Gasteiger partial charge in [-0.1, -0.05) is 5.16 Å². The number of rotatable bonds is 6. The lowest BCUT2D eigenvalue weighted by atomic mass is 10.0. The molecule has 1 aliphatic heterocycles. The van der Waals surface area contributed by atoms with Gasteiger partial charge in [0.15, 0.2) is 0 Å². The van der Waals surface area contributed by atoms with Crippen LogP contribution in [0.3, 0.4) is 0 Å². The average Bonchev–Trinajstić information content (AvgIpc) is 2.97. The van der Waals surface area contributed by atoms with E-state index < -0.39 is 0 Å². The van der Waals surface area contributed by atoms with E-state index in [-0.39, 0.29) is 11.9 Å². The molecule has 1 fully saturated rings. The normalized spacial score (nSPS) is 17.7. The number of morpholine rings is 1. The summed E-state index contributed by atoms with van der Waals surface area (Å²) in [4.78, 5) is 23.1. The van der Waals surface area contributed by atoms with E-state index in [2.05, 4.69) is 15.1 Å². The number of nitrogens with zero attached hydrogens (tertiary/aromatic N) is 4. The predicted octanol–water partition coefficient (Wildman–Crippen LogP) is 1.87. The molecule has 3 heterocycles. The van der Waals surface area contributed by atoms with E-state index in [1.54, 1.807) is 18.6 Å². The van der Waals surface area contributed by atoms with Crippen molar-refractivity contribution in [1.82, 2.24) is 20.0 Å². The molecule has 1 atom stereocenters. The van der Waals surface area contributed by atoms with Gasteiger partial charge in [-0.05, 0) is 33.1 Å². The molecular formula is C18H24N4O3. The Labute approximate surface area is 147 Å². The summed E-state index contributed by atoms with van der Waals surface area (Å²) >= 11 is 0. The van der Waals surface area contributed by atoms with Crippen molar-refractivity contribution in [2.45, 2.75) is 45.6 Å². The topological polar surface area (TPSA) is 81.4 Å². The zero-order valence-corrected chi connectivity index (χ0v) is 14.8. The third-order valence-electron chi connectivity index (χ3n) is 4.67. The summed E-state index contributed by atoms with van der Waals surface area (Å²) in [6.45, 7) is 5.62. The standard InChI is InChI=1S/C18H24N4O3/c1-13-17(14(2)25-21-13)5-6-18(23)22-9-10-24-12-16(22)4-3-15-11-19-7-8-20-15/h7-8,11,16H,3-6,9-10,12H2,1-2H3. The van der Waals surface area contributed by atoms with Crippen molar-refractivity contribution in [2.75, 3.05) is 19.8 Å². The van der Waals surface area contributed by atoms with Crippen LogP contribution in [-0.2, 0) is 22.4 Å². The summed E-state index contributed by atoms with van der Waals surface area (Å²) in [5.41, 5.74) is 2.85. The van der Waals surface area contributed by atoms with Crippen molar-refractivity contribution in [3.63, 3.8) is 0 Å². The molecule has 0 spiro atoms. The van der Waals surface area contributed by atoms with Crippen molar-refractivity contribution in [2.24, 2.45) is 0 Å². The summed E-state index contributed by atoms with van der Waals surface area (Å²) in [7, 11) is 0. The molecule has 25 heavy (non-hydrogen) atoms. The van der Waals surface area contributed by atoms with E-state index in [1.165, 1.54) is 0 Å². The SMILES string of the molecule is Cc1noc(C)c1CCC(=O)N1CCOCC1CCc1cnccn1. The maximum atomic E-state index is 12.7. The molecule has 0 saturated carbocycles. The van der Waals surface area contributed by atoms with Crippen molar-refractivity contribution >= 4 is 5.91 Å². The Balaban J connectivity index is 1.57. The summed E-state index contributed by atoms with van der Waals surface area (Å²) in [6, 6.07) is 0.0907. The van der Waals surface area contributed by atoms with Gasteiger partial charge in [-0.3, -0.25) is 14.8 Å². The third-order valence-corrected chi connectivity index (χ3v) is 4.67. The zero-order chi connectivity index (χ0) is 17.6. The maximum absolute atomic E-state index is 12.7. The molecule has 0 N–H and O–H groups in total. The summed E-state index contributed by atoms with van der Waals surface area (Å²) < 4.78 is 10.8. The monoisotopic (exact) mass is 344 g/mol. The maximum Gasteiger partial charge on any atom is 0.223 e. The Morgan fingerprint density at radius 3 is 2.92 bits per heavy atom. The largest absolute Gasteiger partial charge is 0.377 e. The van der Waals surface area contributed by atoms with Crippen LogP contribution in [0.2, 0.25) is 0 Å². The Bertz CT molecular complexity index is 682. The fraction of sp³-hybridized carbons (Fsp3) is 0.556. The number of ether oxygens (including phenoxy) is 1. The number of carbonyl (C=O) groups is 1. The second kappa shape index (κ2) is 8.20. The predicted molar refractivity (Wildman–Crippen MR) is 91.0 cm³/mol. The molecule has 1 saturated heterocycles. The van der Waals surface area contributed by atoms with Crippen LogP contribution in [0.25, 0.3) is 0 Å². The second-order valence-electron chi connectivity index (χ2n) is 6.35. The average molecular weight is 344 g/mol. The molecule has 2 aromatic rings. The van der Waals surface area contributed by atoms with E-state index in [0.29, 0.717) is 32.6 Å². The number of hydrogen-bond donors (Lipinski definition) is 0. The highest BCUT2D eigenvalue weighted by Gasteiger charge is 2.27. The first-order valence-electron chi connectivity index (χ1n) is 8.69. The summed E-state index contributed by atoms with van der Waals surface area (Å²) in [5, 5.41) is 3.95. The van der Waals surface area contributed by atoms with Crippen molar-refractivity contribution in [3.8, 4) is 0 Å². The molecule has 7 nitrogen and oxygen atoms in total. The fourth-order valence-corrected chi connectivity index (χ4v) is 3.23. The Morgan fingerprint density at radius 2 is 2.20 bits per heavy atom. The zero-order valence-electron chi connectivity index (χ0n) is 14.8. The molecule has 3 rings (SSSR count). The van der Waals surface area contributed by atoms with E-state index in [0.717, 1.165) is 35.6 Å². The third kappa shape index (κ3) is 4.42. The molecule has 1 unspecified atom stereocenters. The van der Waals surface area contributed by atoms with Crippen LogP contribution in [0.4, 0.5) is 0 Å². The lowest BCUT2D eigenvalue weighted by Gasteiger charge is -2.35. The highest BCUT2D eigenvalue weighted by atomic mass is 16.5.